The second-order valence-corrected chi connectivity index (χ2v) is 15.4. The third-order valence-corrected chi connectivity index (χ3v) is 13.9. The molecular formula is C37H31P2+. The number of hydrogen-bond acceptors (Lipinski definition) is 0. The number of rotatable bonds is 7. The molecule has 0 saturated heterocycles. The van der Waals surface area contributed by atoms with Crippen molar-refractivity contribution in [1.82, 2.24) is 0 Å². The Hall–Kier alpha value is -3.82. The predicted octanol–water partition coefficient (Wildman–Crippen LogP) is 7.04. The molecule has 0 heterocycles. The van der Waals surface area contributed by atoms with Crippen molar-refractivity contribution in [2.45, 2.75) is 0 Å². The molecule has 0 saturated carbocycles. The van der Waals surface area contributed by atoms with Gasteiger partial charge in [0.2, 0.25) is 0 Å². The Balaban J connectivity index is 1.61. The summed E-state index contributed by atoms with van der Waals surface area (Å²) < 4.78 is 0. The molecule has 39 heavy (non-hydrogen) atoms. The summed E-state index contributed by atoms with van der Waals surface area (Å²) in [5.74, 6) is 0. The highest BCUT2D eigenvalue weighted by molar-refractivity contribution is 7.95. The topological polar surface area (TPSA) is 0 Å². The average Bonchev–Trinajstić information content (AvgIpc) is 3.03. The molecule has 188 valence electrons. The highest BCUT2D eigenvalue weighted by Crippen LogP contribution is 2.53. The second-order valence-electron chi connectivity index (χ2n) is 9.72. The first-order valence-electron chi connectivity index (χ1n) is 13.3. The molecule has 6 aromatic carbocycles. The Labute approximate surface area is 234 Å². The van der Waals surface area contributed by atoms with Crippen molar-refractivity contribution in [1.29, 1.82) is 0 Å². The van der Waals surface area contributed by atoms with Gasteiger partial charge in [-0.15, -0.1) is 0 Å². The maximum atomic E-state index is 2.48. The molecule has 0 unspecified atom stereocenters. The van der Waals surface area contributed by atoms with Crippen LogP contribution in [0.15, 0.2) is 170 Å². The van der Waals surface area contributed by atoms with Gasteiger partial charge < -0.3 is 0 Å². The summed E-state index contributed by atoms with van der Waals surface area (Å²) in [4.78, 5) is 0. The number of benzene rings is 6. The Morgan fingerprint density at radius 2 is 0.769 bits per heavy atom. The monoisotopic (exact) mass is 537 g/mol. The SMILES string of the molecule is C[P+](c1ccccc1)(c1ccccc1)c1ccccc1-c1ccccc1P(c1ccccc1)c1ccccc1. The first-order valence-corrected chi connectivity index (χ1v) is 16.9. The normalized spacial score (nSPS) is 11.4. The van der Waals surface area contributed by atoms with Crippen molar-refractivity contribution in [3.63, 3.8) is 0 Å². The Morgan fingerprint density at radius 3 is 1.28 bits per heavy atom. The lowest BCUT2D eigenvalue weighted by Gasteiger charge is -2.27. The molecule has 0 aliphatic carbocycles. The maximum absolute atomic E-state index is 2.48. The van der Waals surface area contributed by atoms with Crippen LogP contribution in [0.1, 0.15) is 0 Å². The van der Waals surface area contributed by atoms with Gasteiger partial charge >= 0.3 is 0 Å². The highest BCUT2D eigenvalue weighted by atomic mass is 31.2. The zero-order valence-electron chi connectivity index (χ0n) is 22.1. The molecule has 0 aliphatic rings. The van der Waals surface area contributed by atoms with E-state index in [-0.39, 0.29) is 0 Å². The Morgan fingerprint density at radius 1 is 0.385 bits per heavy atom. The van der Waals surface area contributed by atoms with Crippen LogP contribution in [-0.2, 0) is 0 Å². The van der Waals surface area contributed by atoms with Crippen molar-refractivity contribution < 1.29 is 0 Å². The van der Waals surface area contributed by atoms with Crippen molar-refractivity contribution >= 4 is 47.0 Å². The average molecular weight is 538 g/mol. The molecular weight excluding hydrogens is 506 g/mol. The molecule has 0 aliphatic heterocycles. The number of hydrogen-bond donors (Lipinski definition) is 0. The molecule has 0 fully saturated rings. The summed E-state index contributed by atoms with van der Waals surface area (Å²) in [6.07, 6.45) is 0. The van der Waals surface area contributed by atoms with Crippen LogP contribution in [0.25, 0.3) is 11.1 Å². The van der Waals surface area contributed by atoms with Gasteiger partial charge in [0, 0.05) is 5.56 Å². The van der Waals surface area contributed by atoms with E-state index in [0.717, 1.165) is 0 Å². The van der Waals surface area contributed by atoms with E-state index in [2.05, 4.69) is 177 Å². The van der Waals surface area contributed by atoms with Crippen LogP contribution in [0, 0.1) is 0 Å². The van der Waals surface area contributed by atoms with Gasteiger partial charge in [-0.1, -0.05) is 140 Å². The molecule has 0 bridgehead atoms. The van der Waals surface area contributed by atoms with Crippen LogP contribution in [-0.4, -0.2) is 6.66 Å². The predicted molar refractivity (Wildman–Crippen MR) is 175 cm³/mol. The Kier molecular flexibility index (Phi) is 7.51. The standard InChI is InChI=1S/C37H31P2/c1-39(32-22-10-4-11-23-32,33-24-12-5-13-25-33)37-29-17-15-27-35(37)34-26-14-16-28-36(34)38(30-18-6-2-7-19-30)31-20-8-3-9-21-31/h2-29H,1H3/q+1. The summed E-state index contributed by atoms with van der Waals surface area (Å²) in [5.41, 5.74) is 2.65. The van der Waals surface area contributed by atoms with Gasteiger partial charge in [0.25, 0.3) is 0 Å². The largest absolute Gasteiger partial charge is 0.112 e. The van der Waals surface area contributed by atoms with Crippen LogP contribution >= 0.6 is 15.2 Å². The fourth-order valence-electron chi connectivity index (χ4n) is 5.45. The minimum atomic E-state index is -1.92. The highest BCUT2D eigenvalue weighted by Gasteiger charge is 2.42. The van der Waals surface area contributed by atoms with E-state index in [1.807, 2.05) is 0 Å². The smallest absolute Gasteiger partial charge is 0.0622 e. The fourth-order valence-corrected chi connectivity index (χ4v) is 11.4. The van der Waals surface area contributed by atoms with Gasteiger partial charge in [0.15, 0.2) is 0 Å². The van der Waals surface area contributed by atoms with Gasteiger partial charge in [-0.3, -0.25) is 0 Å². The zero-order chi connectivity index (χ0) is 26.5. The third kappa shape index (κ3) is 4.99. The lowest BCUT2D eigenvalue weighted by Crippen LogP contribution is -2.32. The summed E-state index contributed by atoms with van der Waals surface area (Å²) in [6.45, 7) is 2.48. The minimum absolute atomic E-state index is 0.735. The zero-order valence-corrected chi connectivity index (χ0v) is 23.8. The van der Waals surface area contributed by atoms with E-state index in [1.54, 1.807) is 0 Å². The fraction of sp³-hybridized carbons (Fsp3) is 0.0270. The third-order valence-electron chi connectivity index (χ3n) is 7.39. The van der Waals surface area contributed by atoms with E-state index in [1.165, 1.54) is 43.0 Å². The van der Waals surface area contributed by atoms with Crippen molar-refractivity contribution in [2.75, 3.05) is 6.66 Å². The van der Waals surface area contributed by atoms with Crippen LogP contribution in [0.2, 0.25) is 0 Å². The molecule has 0 N–H and O–H groups in total. The lowest BCUT2D eigenvalue weighted by atomic mass is 10.1. The molecule has 6 aromatic rings. The van der Waals surface area contributed by atoms with Crippen LogP contribution in [0.5, 0.6) is 0 Å². The maximum Gasteiger partial charge on any atom is 0.112 e. The molecule has 0 amide bonds. The van der Waals surface area contributed by atoms with Crippen LogP contribution < -0.4 is 31.8 Å². The molecule has 6 rings (SSSR count). The molecule has 2 heteroatoms. The van der Waals surface area contributed by atoms with E-state index < -0.39 is 15.2 Å². The van der Waals surface area contributed by atoms with Gasteiger partial charge in [0.05, 0.1) is 6.66 Å². The van der Waals surface area contributed by atoms with Crippen LogP contribution in [0.4, 0.5) is 0 Å². The molecule has 0 atom stereocenters. The van der Waals surface area contributed by atoms with E-state index >= 15 is 0 Å². The summed E-state index contributed by atoms with van der Waals surface area (Å²) >= 11 is 0. The van der Waals surface area contributed by atoms with Crippen molar-refractivity contribution in [3.05, 3.63) is 170 Å². The summed E-state index contributed by atoms with van der Waals surface area (Å²) in [7, 11) is -2.65. The van der Waals surface area contributed by atoms with Gasteiger partial charge in [-0.25, -0.2) is 0 Å². The van der Waals surface area contributed by atoms with Gasteiger partial charge in [-0.2, -0.15) is 0 Å². The minimum Gasteiger partial charge on any atom is -0.0622 e. The van der Waals surface area contributed by atoms with E-state index in [4.69, 9.17) is 0 Å². The lowest BCUT2D eigenvalue weighted by molar-refractivity contribution is 1.67. The van der Waals surface area contributed by atoms with E-state index in [9.17, 15) is 0 Å². The molecule has 0 radical (unpaired) electrons. The van der Waals surface area contributed by atoms with Crippen molar-refractivity contribution in [2.24, 2.45) is 0 Å². The quantitative estimate of drug-likeness (QED) is 0.192. The van der Waals surface area contributed by atoms with Crippen molar-refractivity contribution in [3.8, 4) is 11.1 Å². The second kappa shape index (κ2) is 11.5. The van der Waals surface area contributed by atoms with Gasteiger partial charge in [0.1, 0.15) is 23.2 Å². The first-order chi connectivity index (χ1) is 19.3. The summed E-state index contributed by atoms with van der Waals surface area (Å²) in [6, 6.07) is 62.4. The van der Waals surface area contributed by atoms with E-state index in [0.29, 0.717) is 0 Å². The molecule has 0 spiro atoms. The van der Waals surface area contributed by atoms with Gasteiger partial charge in [-0.05, 0) is 59.7 Å². The first kappa shape index (κ1) is 25.5. The Bertz CT molecular complexity index is 1570. The molecule has 0 aromatic heterocycles. The summed E-state index contributed by atoms with van der Waals surface area (Å²) in [5, 5.41) is 8.35. The van der Waals surface area contributed by atoms with Crippen LogP contribution in [0.3, 0.4) is 0 Å². The molecule has 0 nitrogen and oxygen atoms in total.